The lowest BCUT2D eigenvalue weighted by molar-refractivity contribution is 0.273. The fourth-order valence-electron chi connectivity index (χ4n) is 3.01. The molecule has 2 heterocycles. The summed E-state index contributed by atoms with van der Waals surface area (Å²) in [4.78, 5) is 6.77. The maximum atomic E-state index is 5.85. The summed E-state index contributed by atoms with van der Waals surface area (Å²) >= 11 is 0. The second kappa shape index (κ2) is 8.57. The normalized spacial score (nSPS) is 16.4. The molecule has 23 heavy (non-hydrogen) atoms. The molecule has 0 spiro atoms. The van der Waals surface area contributed by atoms with Crippen molar-refractivity contribution in [1.29, 1.82) is 0 Å². The minimum absolute atomic E-state index is 0. The Bertz CT molecular complexity index is 612. The smallest absolute Gasteiger partial charge is 0.193 e. The van der Waals surface area contributed by atoms with Gasteiger partial charge in [0.2, 0.25) is 0 Å². The summed E-state index contributed by atoms with van der Waals surface area (Å²) in [6, 6.07) is 10.3. The summed E-state index contributed by atoms with van der Waals surface area (Å²) in [7, 11) is 1.86. The number of piperidine rings is 1. The van der Waals surface area contributed by atoms with E-state index in [0.29, 0.717) is 0 Å². The van der Waals surface area contributed by atoms with E-state index in [1.165, 1.54) is 18.2 Å². The Kier molecular flexibility index (Phi) is 6.74. The Morgan fingerprint density at radius 2 is 2.04 bits per heavy atom. The van der Waals surface area contributed by atoms with Crippen molar-refractivity contribution in [2.45, 2.75) is 26.2 Å². The summed E-state index contributed by atoms with van der Waals surface area (Å²) in [6.07, 6.45) is 3.38. The third kappa shape index (κ3) is 4.62. The minimum atomic E-state index is 0. The first-order valence-corrected chi connectivity index (χ1v) is 8.19. The number of rotatable bonds is 3. The molecule has 4 nitrogen and oxygen atoms in total. The van der Waals surface area contributed by atoms with Crippen LogP contribution in [0, 0.1) is 5.92 Å². The first-order valence-electron chi connectivity index (χ1n) is 8.19. The van der Waals surface area contributed by atoms with Crippen molar-refractivity contribution >= 4 is 40.9 Å². The minimum Gasteiger partial charge on any atom is -0.461 e. The van der Waals surface area contributed by atoms with Gasteiger partial charge in [-0.3, -0.25) is 4.99 Å². The van der Waals surface area contributed by atoms with E-state index in [9.17, 15) is 0 Å². The van der Waals surface area contributed by atoms with E-state index in [1.807, 2.05) is 25.2 Å². The van der Waals surface area contributed by atoms with E-state index >= 15 is 0 Å². The second-order valence-corrected chi connectivity index (χ2v) is 6.14. The molecule has 1 aromatic carbocycles. The maximum absolute atomic E-state index is 5.85. The Balaban J connectivity index is 0.00000192. The van der Waals surface area contributed by atoms with Crippen molar-refractivity contribution in [3.05, 3.63) is 36.1 Å². The number of aliphatic imine (C=N–C) groups is 1. The van der Waals surface area contributed by atoms with E-state index in [0.717, 1.165) is 49.3 Å². The molecular formula is C18H26IN3O. The van der Waals surface area contributed by atoms with Crippen LogP contribution in [-0.4, -0.2) is 37.5 Å². The molecule has 0 radical (unpaired) electrons. The quantitative estimate of drug-likeness (QED) is 0.459. The standard InChI is InChI=1S/C18H25N3O.HI/c1-14-8-11-21(12-9-14)18(19-2)20-10-7-16-13-15-5-3-4-6-17(15)22-16;/h3-6,13-14H,7-12H2,1-2H3,(H,19,20);1H. The van der Waals surface area contributed by atoms with Gasteiger partial charge in [0, 0.05) is 38.5 Å². The van der Waals surface area contributed by atoms with Crippen LogP contribution < -0.4 is 5.32 Å². The van der Waals surface area contributed by atoms with Crippen LogP contribution in [0.5, 0.6) is 0 Å². The van der Waals surface area contributed by atoms with Crippen LogP contribution in [0.4, 0.5) is 0 Å². The summed E-state index contributed by atoms with van der Waals surface area (Å²) in [5.74, 6) is 2.88. The number of hydrogen-bond donors (Lipinski definition) is 1. The summed E-state index contributed by atoms with van der Waals surface area (Å²) in [5.41, 5.74) is 0.965. The van der Waals surface area contributed by atoms with Gasteiger partial charge in [0.25, 0.3) is 0 Å². The van der Waals surface area contributed by atoms with E-state index < -0.39 is 0 Å². The number of likely N-dealkylation sites (tertiary alicyclic amines) is 1. The van der Waals surface area contributed by atoms with Crippen molar-refractivity contribution < 1.29 is 4.42 Å². The van der Waals surface area contributed by atoms with Crippen LogP contribution >= 0.6 is 24.0 Å². The van der Waals surface area contributed by atoms with Crippen molar-refractivity contribution in [3.63, 3.8) is 0 Å². The predicted molar refractivity (Wildman–Crippen MR) is 107 cm³/mol. The number of guanidine groups is 1. The van der Waals surface area contributed by atoms with Gasteiger partial charge in [-0.1, -0.05) is 25.1 Å². The highest BCUT2D eigenvalue weighted by atomic mass is 127. The molecule has 1 saturated heterocycles. The Morgan fingerprint density at radius 3 is 2.74 bits per heavy atom. The Hall–Kier alpha value is -1.24. The first-order chi connectivity index (χ1) is 10.8. The molecule has 1 aliphatic rings. The summed E-state index contributed by atoms with van der Waals surface area (Å²) < 4.78 is 5.85. The third-order valence-corrected chi connectivity index (χ3v) is 4.43. The third-order valence-electron chi connectivity index (χ3n) is 4.43. The maximum Gasteiger partial charge on any atom is 0.193 e. The molecule has 1 aliphatic heterocycles. The zero-order valence-corrected chi connectivity index (χ0v) is 16.2. The molecule has 3 rings (SSSR count). The molecule has 0 unspecified atom stereocenters. The number of para-hydroxylation sites is 1. The van der Waals surface area contributed by atoms with Crippen molar-refractivity contribution in [2.24, 2.45) is 10.9 Å². The van der Waals surface area contributed by atoms with Crippen molar-refractivity contribution in [3.8, 4) is 0 Å². The van der Waals surface area contributed by atoms with E-state index in [4.69, 9.17) is 4.42 Å². The van der Waals surface area contributed by atoms with Gasteiger partial charge in [-0.2, -0.15) is 0 Å². The van der Waals surface area contributed by atoms with Crippen LogP contribution in [0.2, 0.25) is 0 Å². The van der Waals surface area contributed by atoms with Gasteiger partial charge >= 0.3 is 0 Å². The topological polar surface area (TPSA) is 40.8 Å². The van der Waals surface area contributed by atoms with Crippen LogP contribution in [0.1, 0.15) is 25.5 Å². The monoisotopic (exact) mass is 427 g/mol. The largest absolute Gasteiger partial charge is 0.461 e. The number of benzene rings is 1. The fourth-order valence-corrected chi connectivity index (χ4v) is 3.01. The lowest BCUT2D eigenvalue weighted by atomic mass is 10.00. The molecule has 0 amide bonds. The van der Waals surface area contributed by atoms with E-state index in [-0.39, 0.29) is 24.0 Å². The predicted octanol–water partition coefficient (Wildman–Crippen LogP) is 3.90. The van der Waals surface area contributed by atoms with Crippen LogP contribution in [-0.2, 0) is 6.42 Å². The molecule has 1 fully saturated rings. The van der Waals surface area contributed by atoms with E-state index in [2.05, 4.69) is 34.3 Å². The molecule has 5 heteroatoms. The average Bonchev–Trinajstić information content (AvgIpc) is 2.95. The highest BCUT2D eigenvalue weighted by Gasteiger charge is 2.18. The van der Waals surface area contributed by atoms with Gasteiger partial charge in [0.1, 0.15) is 11.3 Å². The molecule has 126 valence electrons. The molecule has 0 bridgehead atoms. The molecule has 2 aromatic rings. The zero-order valence-electron chi connectivity index (χ0n) is 13.9. The zero-order chi connectivity index (χ0) is 15.4. The molecule has 1 N–H and O–H groups in total. The van der Waals surface area contributed by atoms with Gasteiger partial charge in [-0.15, -0.1) is 24.0 Å². The Morgan fingerprint density at radius 1 is 1.30 bits per heavy atom. The van der Waals surface area contributed by atoms with Crippen molar-refractivity contribution in [2.75, 3.05) is 26.7 Å². The highest BCUT2D eigenvalue weighted by Crippen LogP contribution is 2.19. The number of nitrogens with zero attached hydrogens (tertiary/aromatic N) is 2. The van der Waals surface area contributed by atoms with E-state index in [1.54, 1.807) is 0 Å². The second-order valence-electron chi connectivity index (χ2n) is 6.14. The Labute approximate surface area is 155 Å². The number of furan rings is 1. The van der Waals surface area contributed by atoms with Gasteiger partial charge < -0.3 is 14.6 Å². The molecule has 1 aromatic heterocycles. The fraction of sp³-hybridized carbons (Fsp3) is 0.500. The number of nitrogens with one attached hydrogen (secondary N) is 1. The average molecular weight is 427 g/mol. The number of hydrogen-bond acceptors (Lipinski definition) is 2. The van der Waals surface area contributed by atoms with Crippen LogP contribution in [0.3, 0.4) is 0 Å². The first kappa shape index (κ1) is 18.1. The van der Waals surface area contributed by atoms with Gasteiger partial charge in [-0.25, -0.2) is 0 Å². The van der Waals surface area contributed by atoms with Crippen LogP contribution in [0.25, 0.3) is 11.0 Å². The van der Waals surface area contributed by atoms with Gasteiger partial charge in [0.15, 0.2) is 5.96 Å². The lowest BCUT2D eigenvalue weighted by Crippen LogP contribution is -2.45. The van der Waals surface area contributed by atoms with Crippen LogP contribution in [0.15, 0.2) is 39.7 Å². The summed E-state index contributed by atoms with van der Waals surface area (Å²) in [6.45, 7) is 5.38. The molecule has 0 atom stereocenters. The van der Waals surface area contributed by atoms with Gasteiger partial charge in [-0.05, 0) is 30.9 Å². The SMILES string of the molecule is CN=C(NCCc1cc2ccccc2o1)N1CCC(C)CC1.I. The number of halogens is 1. The highest BCUT2D eigenvalue weighted by molar-refractivity contribution is 14.0. The molecule has 0 saturated carbocycles. The lowest BCUT2D eigenvalue weighted by Gasteiger charge is -2.32. The molecule has 0 aliphatic carbocycles. The summed E-state index contributed by atoms with van der Waals surface area (Å²) in [5, 5.41) is 4.64. The number of fused-ring (bicyclic) bond motifs is 1. The molecular weight excluding hydrogens is 401 g/mol. The van der Waals surface area contributed by atoms with Gasteiger partial charge in [0.05, 0.1) is 0 Å². The van der Waals surface area contributed by atoms with Crippen molar-refractivity contribution in [1.82, 2.24) is 10.2 Å².